The number of benzene rings is 2. The molecule has 2 aromatic rings. The molecule has 0 bridgehead atoms. The molecule has 7 nitrogen and oxygen atoms in total. The van der Waals surface area contributed by atoms with Crippen molar-refractivity contribution in [2.75, 3.05) is 12.4 Å². The first kappa shape index (κ1) is 20.3. The van der Waals surface area contributed by atoms with Crippen LogP contribution in [0.5, 0.6) is 0 Å². The second-order valence-electron chi connectivity index (χ2n) is 6.38. The number of nitro benzene ring substituents is 1. The molecule has 0 radical (unpaired) electrons. The van der Waals surface area contributed by atoms with Crippen LogP contribution in [0.1, 0.15) is 39.9 Å². The normalized spacial score (nSPS) is 18.6. The maximum atomic E-state index is 13.2. The summed E-state index contributed by atoms with van der Waals surface area (Å²) < 4.78 is 0.827. The molecule has 146 valence electrons. The Morgan fingerprint density at radius 3 is 2.50 bits per heavy atom. The zero-order valence-electron chi connectivity index (χ0n) is 14.5. The second kappa shape index (κ2) is 8.28. The molecule has 0 aliphatic carbocycles. The van der Waals surface area contributed by atoms with Gasteiger partial charge in [-0.3, -0.25) is 19.7 Å². The third-order valence-electron chi connectivity index (χ3n) is 4.74. The highest BCUT2D eigenvalue weighted by atomic mass is 79.9. The summed E-state index contributed by atoms with van der Waals surface area (Å²) in [6, 6.07) is 10.1. The van der Waals surface area contributed by atoms with Crippen LogP contribution in [0.4, 0.5) is 5.69 Å². The average Bonchev–Trinajstić information content (AvgIpc) is 2.67. The number of nitrogens with zero attached hydrogens (tertiary/aromatic N) is 2. The largest absolute Gasteiger partial charge is 0.481 e. The molecule has 0 aromatic heterocycles. The van der Waals surface area contributed by atoms with E-state index in [4.69, 9.17) is 11.6 Å². The summed E-state index contributed by atoms with van der Waals surface area (Å²) in [5.74, 6) is -2.29. The van der Waals surface area contributed by atoms with Crippen LogP contribution in [0, 0.1) is 10.1 Å². The molecule has 0 saturated carbocycles. The topological polar surface area (TPSA) is 101 Å². The predicted molar refractivity (Wildman–Crippen MR) is 107 cm³/mol. The van der Waals surface area contributed by atoms with E-state index in [-0.39, 0.29) is 23.4 Å². The number of carbonyl (C=O) groups is 2. The van der Waals surface area contributed by atoms with Gasteiger partial charge in [-0.25, -0.2) is 0 Å². The molecule has 0 saturated heterocycles. The molecule has 2 atom stereocenters. The molecule has 28 heavy (non-hydrogen) atoms. The van der Waals surface area contributed by atoms with Gasteiger partial charge in [0.15, 0.2) is 0 Å². The van der Waals surface area contributed by atoms with Crippen LogP contribution in [0.25, 0.3) is 0 Å². The summed E-state index contributed by atoms with van der Waals surface area (Å²) in [6.07, 6.45) is 0.469. The van der Waals surface area contributed by atoms with E-state index in [1.165, 1.54) is 17.0 Å². The molecular formula is C19H16BrClN2O5. The van der Waals surface area contributed by atoms with Crippen LogP contribution >= 0.6 is 27.5 Å². The molecule has 3 rings (SSSR count). The zero-order valence-corrected chi connectivity index (χ0v) is 16.9. The van der Waals surface area contributed by atoms with Crippen molar-refractivity contribution in [3.05, 3.63) is 73.7 Å². The number of hydrogen-bond donors (Lipinski definition) is 1. The van der Waals surface area contributed by atoms with Crippen LogP contribution in [0.15, 0.2) is 46.9 Å². The fraction of sp³-hybridized carbons (Fsp3) is 0.263. The van der Waals surface area contributed by atoms with Crippen molar-refractivity contribution >= 4 is 45.1 Å². The summed E-state index contributed by atoms with van der Waals surface area (Å²) in [7, 11) is 0. The van der Waals surface area contributed by atoms with Gasteiger partial charge in [0.1, 0.15) is 5.92 Å². The zero-order chi connectivity index (χ0) is 20.4. The summed E-state index contributed by atoms with van der Waals surface area (Å²) in [5.41, 5.74) is 0.737. The number of carboxylic acid groups (broad SMARTS) is 1. The van der Waals surface area contributed by atoms with Crippen molar-refractivity contribution < 1.29 is 19.6 Å². The van der Waals surface area contributed by atoms with E-state index in [9.17, 15) is 24.8 Å². The van der Waals surface area contributed by atoms with Crippen molar-refractivity contribution in [3.8, 4) is 0 Å². The van der Waals surface area contributed by atoms with Crippen LogP contribution in [0.3, 0.4) is 0 Å². The van der Waals surface area contributed by atoms with Gasteiger partial charge < -0.3 is 10.0 Å². The van der Waals surface area contributed by atoms with Crippen LogP contribution in [-0.4, -0.2) is 39.2 Å². The number of aliphatic carboxylic acids is 1. The quantitative estimate of drug-likeness (QED) is 0.387. The van der Waals surface area contributed by atoms with Gasteiger partial charge in [0.05, 0.1) is 16.5 Å². The lowest BCUT2D eigenvalue weighted by Gasteiger charge is -2.40. The Bertz CT molecular complexity index is 934. The van der Waals surface area contributed by atoms with E-state index >= 15 is 0 Å². The third-order valence-corrected chi connectivity index (χ3v) is 5.53. The lowest BCUT2D eigenvalue weighted by atomic mass is 9.79. The Morgan fingerprint density at radius 2 is 1.93 bits per heavy atom. The highest BCUT2D eigenvalue weighted by Crippen LogP contribution is 2.44. The van der Waals surface area contributed by atoms with Crippen molar-refractivity contribution in [2.45, 2.75) is 18.4 Å². The van der Waals surface area contributed by atoms with Gasteiger partial charge in [0.25, 0.3) is 11.6 Å². The van der Waals surface area contributed by atoms with Gasteiger partial charge >= 0.3 is 5.97 Å². The minimum absolute atomic E-state index is 0.0459. The van der Waals surface area contributed by atoms with Gasteiger partial charge in [0.2, 0.25) is 0 Å². The van der Waals surface area contributed by atoms with Crippen molar-refractivity contribution in [1.82, 2.24) is 4.90 Å². The maximum Gasteiger partial charge on any atom is 0.313 e. The lowest BCUT2D eigenvalue weighted by molar-refractivity contribution is -0.384. The number of amides is 1. The van der Waals surface area contributed by atoms with Gasteiger partial charge in [-0.05, 0) is 29.7 Å². The van der Waals surface area contributed by atoms with E-state index in [1.54, 1.807) is 24.3 Å². The molecule has 1 heterocycles. The number of hydrogen-bond acceptors (Lipinski definition) is 4. The Hall–Kier alpha value is -2.45. The molecular weight excluding hydrogens is 452 g/mol. The van der Waals surface area contributed by atoms with Gasteiger partial charge in [-0.2, -0.15) is 0 Å². The standard InChI is InChI=1S/C19H16BrClN2O5/c20-12-4-2-11(3-5-12)17-16(19(25)26)14-7-6-13(23(27)28)10-15(14)18(24)22(17)9-1-8-21/h2-7,10,16-17H,1,8-9H2,(H,25,26)/t16-,17-/m1/s1. The van der Waals surface area contributed by atoms with Gasteiger partial charge in [-0.1, -0.05) is 34.1 Å². The summed E-state index contributed by atoms with van der Waals surface area (Å²) in [5, 5.41) is 21.1. The number of carboxylic acids is 1. The molecule has 1 aliphatic rings. The second-order valence-corrected chi connectivity index (χ2v) is 7.68. The van der Waals surface area contributed by atoms with Gasteiger partial charge in [0, 0.05) is 29.0 Å². The number of halogens is 2. The molecule has 9 heteroatoms. The smallest absolute Gasteiger partial charge is 0.313 e. The SMILES string of the molecule is O=C(O)[C@@H]1c2ccc([N+](=O)[O-])cc2C(=O)N(CCCCl)[C@@H]1c1ccc(Br)cc1. The first-order chi connectivity index (χ1) is 13.3. The molecule has 2 aromatic carbocycles. The van der Waals surface area contributed by atoms with E-state index in [1.807, 2.05) is 0 Å². The number of non-ortho nitro benzene ring substituents is 1. The maximum absolute atomic E-state index is 13.2. The third kappa shape index (κ3) is 3.74. The first-order valence-corrected chi connectivity index (χ1v) is 9.81. The predicted octanol–water partition coefficient (Wildman–Crippen LogP) is 4.35. The Labute approximate surface area is 174 Å². The van der Waals surface area contributed by atoms with E-state index in [2.05, 4.69) is 15.9 Å². The average molecular weight is 468 g/mol. The van der Waals surface area contributed by atoms with Gasteiger partial charge in [-0.15, -0.1) is 11.6 Å². The van der Waals surface area contributed by atoms with E-state index in [0.29, 0.717) is 17.9 Å². The summed E-state index contributed by atoms with van der Waals surface area (Å²) in [6.45, 7) is 0.245. The van der Waals surface area contributed by atoms with Crippen LogP contribution in [-0.2, 0) is 4.79 Å². The fourth-order valence-electron chi connectivity index (χ4n) is 3.52. The molecule has 0 spiro atoms. The Balaban J connectivity index is 2.20. The molecule has 1 N–H and O–H groups in total. The minimum Gasteiger partial charge on any atom is -0.481 e. The molecule has 1 amide bonds. The number of fused-ring (bicyclic) bond motifs is 1. The lowest BCUT2D eigenvalue weighted by Crippen LogP contribution is -2.45. The summed E-state index contributed by atoms with van der Waals surface area (Å²) in [4.78, 5) is 37.4. The summed E-state index contributed by atoms with van der Waals surface area (Å²) >= 11 is 9.15. The molecule has 0 fully saturated rings. The van der Waals surface area contributed by atoms with E-state index < -0.39 is 28.8 Å². The molecule has 1 aliphatic heterocycles. The number of rotatable bonds is 6. The van der Waals surface area contributed by atoms with Crippen molar-refractivity contribution in [3.63, 3.8) is 0 Å². The number of alkyl halides is 1. The first-order valence-electron chi connectivity index (χ1n) is 8.48. The van der Waals surface area contributed by atoms with Crippen LogP contribution < -0.4 is 0 Å². The van der Waals surface area contributed by atoms with Crippen molar-refractivity contribution in [1.29, 1.82) is 0 Å². The highest BCUT2D eigenvalue weighted by Gasteiger charge is 2.44. The van der Waals surface area contributed by atoms with Crippen molar-refractivity contribution in [2.24, 2.45) is 0 Å². The van der Waals surface area contributed by atoms with Crippen LogP contribution in [0.2, 0.25) is 0 Å². The number of nitro groups is 1. The Morgan fingerprint density at radius 1 is 1.25 bits per heavy atom. The monoisotopic (exact) mass is 466 g/mol. The fourth-order valence-corrected chi connectivity index (χ4v) is 3.90. The highest BCUT2D eigenvalue weighted by molar-refractivity contribution is 9.10. The number of carbonyl (C=O) groups excluding carboxylic acids is 1. The Kier molecular flexibility index (Phi) is 6.00. The molecule has 0 unspecified atom stereocenters. The van der Waals surface area contributed by atoms with E-state index in [0.717, 1.165) is 10.5 Å². The minimum atomic E-state index is -1.11.